The molecule has 0 saturated carbocycles. The molecule has 0 aliphatic rings. The summed E-state index contributed by atoms with van der Waals surface area (Å²) >= 11 is 0. The minimum Gasteiger partial charge on any atom is -0.483 e. The summed E-state index contributed by atoms with van der Waals surface area (Å²) in [4.78, 5) is 23.5. The Morgan fingerprint density at radius 3 is 2.50 bits per heavy atom. The zero-order chi connectivity index (χ0) is 16.1. The Morgan fingerprint density at radius 1 is 1.09 bits per heavy atom. The van der Waals surface area contributed by atoms with Crippen molar-refractivity contribution in [3.63, 3.8) is 0 Å². The Morgan fingerprint density at radius 2 is 1.82 bits per heavy atom. The third kappa shape index (κ3) is 3.95. The summed E-state index contributed by atoms with van der Waals surface area (Å²) in [5, 5.41) is 2.81. The van der Waals surface area contributed by atoms with Crippen LogP contribution in [0.5, 0.6) is 5.75 Å². The Balaban J connectivity index is 2.00. The molecule has 1 N–H and O–H groups in total. The molecule has 0 aliphatic carbocycles. The number of Topliss-reactive ketones (excluding diaryl/α,β-unsaturated/α-hetero) is 1. The van der Waals surface area contributed by atoms with Gasteiger partial charge in [0.1, 0.15) is 5.75 Å². The monoisotopic (exact) mass is 297 g/mol. The number of amides is 1. The molecule has 2 aromatic rings. The van der Waals surface area contributed by atoms with Gasteiger partial charge in [-0.3, -0.25) is 9.59 Å². The molecule has 0 spiro atoms. The molecule has 0 fully saturated rings. The van der Waals surface area contributed by atoms with E-state index < -0.39 is 0 Å². The molecule has 4 heteroatoms. The van der Waals surface area contributed by atoms with E-state index in [2.05, 4.69) is 5.32 Å². The summed E-state index contributed by atoms with van der Waals surface area (Å²) in [6, 6.07) is 12.7. The molecule has 0 aliphatic heterocycles. The first-order valence-electron chi connectivity index (χ1n) is 7.07. The van der Waals surface area contributed by atoms with Crippen LogP contribution in [0.25, 0.3) is 0 Å². The van der Waals surface area contributed by atoms with Crippen LogP contribution >= 0.6 is 0 Å². The quantitative estimate of drug-likeness (QED) is 0.859. The van der Waals surface area contributed by atoms with Crippen LogP contribution in [0.3, 0.4) is 0 Å². The molecule has 0 heterocycles. The minimum atomic E-state index is -0.259. The highest BCUT2D eigenvalue weighted by Crippen LogP contribution is 2.19. The lowest BCUT2D eigenvalue weighted by Crippen LogP contribution is -2.21. The van der Waals surface area contributed by atoms with Gasteiger partial charge in [0.2, 0.25) is 0 Å². The minimum absolute atomic E-state index is 0.0922. The molecular weight excluding hydrogens is 278 g/mol. The normalized spacial score (nSPS) is 10.1. The van der Waals surface area contributed by atoms with Gasteiger partial charge in [-0.05, 0) is 44.5 Å². The number of nitrogens with one attached hydrogen (secondary N) is 1. The Bertz CT molecular complexity index is 707. The standard InChI is InChI=1S/C18H19NO3/c1-12-8-9-16(13(2)10-12)19-18(21)11-22-17-7-5-4-6-15(17)14(3)20/h4-10H,11H2,1-3H3,(H,19,21). The summed E-state index contributed by atoms with van der Waals surface area (Å²) in [7, 11) is 0. The predicted octanol–water partition coefficient (Wildman–Crippen LogP) is 3.52. The molecule has 0 aromatic heterocycles. The van der Waals surface area contributed by atoms with Crippen LogP contribution in [-0.2, 0) is 4.79 Å². The Hall–Kier alpha value is -2.62. The van der Waals surface area contributed by atoms with Crippen molar-refractivity contribution in [3.05, 3.63) is 59.2 Å². The zero-order valence-corrected chi connectivity index (χ0v) is 13.0. The number of carbonyl (C=O) groups is 2. The maximum Gasteiger partial charge on any atom is 0.262 e. The van der Waals surface area contributed by atoms with Crippen molar-refractivity contribution in [1.82, 2.24) is 0 Å². The van der Waals surface area contributed by atoms with Gasteiger partial charge in [0.15, 0.2) is 12.4 Å². The molecule has 0 atom stereocenters. The first-order valence-corrected chi connectivity index (χ1v) is 7.07. The van der Waals surface area contributed by atoms with Gasteiger partial charge in [0.05, 0.1) is 5.56 Å². The van der Waals surface area contributed by atoms with Crippen molar-refractivity contribution >= 4 is 17.4 Å². The highest BCUT2D eigenvalue weighted by atomic mass is 16.5. The van der Waals surface area contributed by atoms with E-state index in [1.165, 1.54) is 6.92 Å². The Labute approximate surface area is 130 Å². The van der Waals surface area contributed by atoms with Crippen LogP contribution in [0.2, 0.25) is 0 Å². The number of hydrogen-bond acceptors (Lipinski definition) is 3. The van der Waals surface area contributed by atoms with Crippen molar-refractivity contribution < 1.29 is 14.3 Å². The van der Waals surface area contributed by atoms with E-state index in [9.17, 15) is 9.59 Å². The van der Waals surface area contributed by atoms with Crippen LogP contribution in [0.1, 0.15) is 28.4 Å². The van der Waals surface area contributed by atoms with Gasteiger partial charge in [-0.25, -0.2) is 0 Å². The maximum absolute atomic E-state index is 12.0. The van der Waals surface area contributed by atoms with E-state index >= 15 is 0 Å². The molecule has 4 nitrogen and oxygen atoms in total. The van der Waals surface area contributed by atoms with Gasteiger partial charge < -0.3 is 10.1 Å². The van der Waals surface area contributed by atoms with Crippen LogP contribution in [0.15, 0.2) is 42.5 Å². The van der Waals surface area contributed by atoms with Crippen LogP contribution in [0.4, 0.5) is 5.69 Å². The number of para-hydroxylation sites is 1. The lowest BCUT2D eigenvalue weighted by atomic mass is 10.1. The van der Waals surface area contributed by atoms with E-state index in [0.717, 1.165) is 16.8 Å². The molecule has 0 saturated heterocycles. The fraction of sp³-hybridized carbons (Fsp3) is 0.222. The van der Waals surface area contributed by atoms with Crippen LogP contribution in [0, 0.1) is 13.8 Å². The van der Waals surface area contributed by atoms with Gasteiger partial charge >= 0.3 is 0 Å². The van der Waals surface area contributed by atoms with Gasteiger partial charge in [-0.15, -0.1) is 0 Å². The number of ketones is 1. The zero-order valence-electron chi connectivity index (χ0n) is 13.0. The molecular formula is C18H19NO3. The average molecular weight is 297 g/mol. The number of hydrogen-bond donors (Lipinski definition) is 1. The van der Waals surface area contributed by atoms with Crippen molar-refractivity contribution in [3.8, 4) is 5.75 Å². The first kappa shape index (κ1) is 15.8. The SMILES string of the molecule is CC(=O)c1ccccc1OCC(=O)Nc1ccc(C)cc1C. The lowest BCUT2D eigenvalue weighted by molar-refractivity contribution is -0.118. The predicted molar refractivity (Wildman–Crippen MR) is 86.5 cm³/mol. The summed E-state index contributed by atoms with van der Waals surface area (Å²) < 4.78 is 5.46. The van der Waals surface area contributed by atoms with Gasteiger partial charge in [-0.1, -0.05) is 29.8 Å². The smallest absolute Gasteiger partial charge is 0.262 e. The second-order valence-electron chi connectivity index (χ2n) is 5.21. The molecule has 22 heavy (non-hydrogen) atoms. The lowest BCUT2D eigenvalue weighted by Gasteiger charge is -2.11. The fourth-order valence-corrected chi connectivity index (χ4v) is 2.17. The van der Waals surface area contributed by atoms with E-state index in [1.807, 2.05) is 32.0 Å². The Kier molecular flexibility index (Phi) is 4.94. The largest absolute Gasteiger partial charge is 0.483 e. The number of aryl methyl sites for hydroxylation is 2. The van der Waals surface area contributed by atoms with Crippen LogP contribution < -0.4 is 10.1 Å². The van der Waals surface area contributed by atoms with E-state index in [-0.39, 0.29) is 18.3 Å². The summed E-state index contributed by atoms with van der Waals surface area (Å²) in [5.74, 6) is 0.0708. The maximum atomic E-state index is 12.0. The summed E-state index contributed by atoms with van der Waals surface area (Å²) in [6.07, 6.45) is 0. The van der Waals surface area contributed by atoms with Gasteiger partial charge in [-0.2, -0.15) is 0 Å². The number of anilines is 1. The third-order valence-electron chi connectivity index (χ3n) is 3.28. The van der Waals surface area contributed by atoms with Crippen LogP contribution in [-0.4, -0.2) is 18.3 Å². The molecule has 0 unspecified atom stereocenters. The molecule has 2 aromatic carbocycles. The van der Waals surface area contributed by atoms with Crippen molar-refractivity contribution in [2.75, 3.05) is 11.9 Å². The second kappa shape index (κ2) is 6.89. The average Bonchev–Trinajstić information content (AvgIpc) is 2.48. The second-order valence-corrected chi connectivity index (χ2v) is 5.21. The first-order chi connectivity index (χ1) is 10.5. The van der Waals surface area contributed by atoms with E-state index in [0.29, 0.717) is 11.3 Å². The number of benzene rings is 2. The number of carbonyl (C=O) groups excluding carboxylic acids is 2. The molecule has 0 radical (unpaired) electrons. The van der Waals surface area contributed by atoms with Gasteiger partial charge in [0.25, 0.3) is 5.91 Å². The molecule has 2 rings (SSSR count). The molecule has 0 bridgehead atoms. The fourth-order valence-electron chi connectivity index (χ4n) is 2.17. The van der Waals surface area contributed by atoms with Crippen molar-refractivity contribution in [1.29, 1.82) is 0 Å². The third-order valence-corrected chi connectivity index (χ3v) is 3.28. The van der Waals surface area contributed by atoms with E-state index in [4.69, 9.17) is 4.74 Å². The van der Waals surface area contributed by atoms with Crippen molar-refractivity contribution in [2.24, 2.45) is 0 Å². The number of ether oxygens (including phenoxy) is 1. The molecule has 1 amide bonds. The topological polar surface area (TPSA) is 55.4 Å². The number of rotatable bonds is 5. The van der Waals surface area contributed by atoms with Gasteiger partial charge in [0, 0.05) is 5.69 Å². The van der Waals surface area contributed by atoms with E-state index in [1.54, 1.807) is 24.3 Å². The highest BCUT2D eigenvalue weighted by molar-refractivity contribution is 5.97. The highest BCUT2D eigenvalue weighted by Gasteiger charge is 2.10. The summed E-state index contributed by atoms with van der Waals surface area (Å²) in [6.45, 7) is 5.27. The summed E-state index contributed by atoms with van der Waals surface area (Å²) in [5.41, 5.74) is 3.38. The van der Waals surface area contributed by atoms with Crippen molar-refractivity contribution in [2.45, 2.75) is 20.8 Å². The molecule has 114 valence electrons.